The lowest BCUT2D eigenvalue weighted by Crippen LogP contribution is -2.01. The van der Waals surface area contributed by atoms with Gasteiger partial charge in [0, 0.05) is 17.2 Å². The third kappa shape index (κ3) is 1.92. The van der Waals surface area contributed by atoms with Gasteiger partial charge in [0.1, 0.15) is 5.15 Å². The molecule has 1 N–H and O–H groups in total. The molecule has 100 valence electrons. The zero-order valence-electron chi connectivity index (χ0n) is 10.5. The van der Waals surface area contributed by atoms with Crippen molar-refractivity contribution in [3.05, 3.63) is 52.8 Å². The summed E-state index contributed by atoms with van der Waals surface area (Å²) in [6, 6.07) is 11.0. The van der Waals surface area contributed by atoms with Crippen LogP contribution in [0, 0.1) is 6.92 Å². The van der Waals surface area contributed by atoms with Crippen molar-refractivity contribution in [2.24, 2.45) is 0 Å². The number of halogens is 1. The Hall–Kier alpha value is -2.40. The quantitative estimate of drug-likeness (QED) is 0.736. The number of aromatic carboxylic acids is 1. The predicted octanol–water partition coefficient (Wildman–Crippen LogP) is 3.06. The van der Waals surface area contributed by atoms with Gasteiger partial charge < -0.3 is 5.11 Å². The van der Waals surface area contributed by atoms with E-state index in [0.29, 0.717) is 10.8 Å². The van der Waals surface area contributed by atoms with E-state index >= 15 is 0 Å². The Bertz CT molecular complexity index is 812. The molecule has 0 atom stereocenters. The Morgan fingerprint density at radius 1 is 1.30 bits per heavy atom. The normalized spacial score (nSPS) is 10.9. The molecular weight excluding hydrogens is 278 g/mol. The van der Waals surface area contributed by atoms with Crippen LogP contribution in [0.2, 0.25) is 5.15 Å². The van der Waals surface area contributed by atoms with E-state index in [-0.39, 0.29) is 5.69 Å². The van der Waals surface area contributed by atoms with Crippen molar-refractivity contribution in [1.82, 2.24) is 14.6 Å². The molecule has 0 aliphatic heterocycles. The summed E-state index contributed by atoms with van der Waals surface area (Å²) in [4.78, 5) is 15.4. The first-order chi connectivity index (χ1) is 9.58. The van der Waals surface area contributed by atoms with Crippen LogP contribution < -0.4 is 0 Å². The highest BCUT2D eigenvalue weighted by Gasteiger charge is 2.16. The molecule has 0 bridgehead atoms. The van der Waals surface area contributed by atoms with E-state index in [1.807, 2.05) is 37.3 Å². The lowest BCUT2D eigenvalue weighted by Gasteiger charge is -2.08. The Morgan fingerprint density at radius 2 is 2.00 bits per heavy atom. The van der Waals surface area contributed by atoms with Crippen molar-refractivity contribution in [1.29, 1.82) is 0 Å². The maximum absolute atomic E-state index is 11.0. The van der Waals surface area contributed by atoms with Crippen molar-refractivity contribution in [3.63, 3.8) is 0 Å². The SMILES string of the molecule is Cc1c(-c2ccccc2)nc2cc(C(=O)O)nn2c1Cl. The van der Waals surface area contributed by atoms with E-state index in [1.165, 1.54) is 10.6 Å². The lowest BCUT2D eigenvalue weighted by atomic mass is 10.1. The predicted molar refractivity (Wildman–Crippen MR) is 75.1 cm³/mol. The van der Waals surface area contributed by atoms with E-state index in [0.717, 1.165) is 16.8 Å². The fourth-order valence-electron chi connectivity index (χ4n) is 2.03. The van der Waals surface area contributed by atoms with E-state index in [4.69, 9.17) is 16.7 Å². The molecule has 0 saturated carbocycles. The average molecular weight is 288 g/mol. The molecule has 5 nitrogen and oxygen atoms in total. The highest BCUT2D eigenvalue weighted by molar-refractivity contribution is 6.30. The molecule has 3 rings (SSSR count). The summed E-state index contributed by atoms with van der Waals surface area (Å²) in [5.41, 5.74) is 2.73. The number of aromatic nitrogens is 3. The van der Waals surface area contributed by atoms with Gasteiger partial charge in [-0.1, -0.05) is 41.9 Å². The smallest absolute Gasteiger partial charge is 0.356 e. The van der Waals surface area contributed by atoms with E-state index < -0.39 is 5.97 Å². The van der Waals surface area contributed by atoms with Crippen LogP contribution >= 0.6 is 11.6 Å². The molecule has 0 aliphatic rings. The van der Waals surface area contributed by atoms with Crippen LogP contribution in [-0.2, 0) is 0 Å². The lowest BCUT2D eigenvalue weighted by molar-refractivity contribution is 0.0690. The molecule has 0 amide bonds. The summed E-state index contributed by atoms with van der Waals surface area (Å²) in [5, 5.41) is 13.3. The number of carboxylic acid groups (broad SMARTS) is 1. The molecule has 6 heteroatoms. The molecule has 1 aromatic carbocycles. The second-order valence-corrected chi connectivity index (χ2v) is 4.70. The molecule has 0 aliphatic carbocycles. The average Bonchev–Trinajstić information content (AvgIpc) is 2.88. The van der Waals surface area contributed by atoms with Crippen LogP contribution in [0.3, 0.4) is 0 Å². The largest absolute Gasteiger partial charge is 0.476 e. The third-order valence-corrected chi connectivity index (χ3v) is 3.48. The second-order valence-electron chi connectivity index (χ2n) is 4.35. The Kier molecular flexibility index (Phi) is 2.91. The number of carbonyl (C=O) groups is 1. The molecule has 0 radical (unpaired) electrons. The van der Waals surface area contributed by atoms with Gasteiger partial charge in [0.25, 0.3) is 0 Å². The molecule has 0 fully saturated rings. The molecule has 0 spiro atoms. The number of fused-ring (bicyclic) bond motifs is 1. The second kappa shape index (κ2) is 4.61. The highest BCUT2D eigenvalue weighted by atomic mass is 35.5. The third-order valence-electron chi connectivity index (χ3n) is 3.03. The highest BCUT2D eigenvalue weighted by Crippen LogP contribution is 2.27. The van der Waals surface area contributed by atoms with Gasteiger partial charge in [0.15, 0.2) is 11.3 Å². The molecular formula is C14H10ClN3O2. The monoisotopic (exact) mass is 287 g/mol. The van der Waals surface area contributed by atoms with Gasteiger partial charge >= 0.3 is 5.97 Å². The summed E-state index contributed by atoms with van der Waals surface area (Å²) in [5.74, 6) is -1.11. The van der Waals surface area contributed by atoms with E-state index in [2.05, 4.69) is 10.1 Å². The number of nitrogens with zero attached hydrogens (tertiary/aromatic N) is 3. The minimum absolute atomic E-state index is 0.0796. The van der Waals surface area contributed by atoms with Gasteiger partial charge in [-0.3, -0.25) is 0 Å². The first kappa shape index (κ1) is 12.6. The Morgan fingerprint density at radius 3 is 2.65 bits per heavy atom. The molecule has 3 aromatic rings. The topological polar surface area (TPSA) is 67.5 Å². The zero-order chi connectivity index (χ0) is 14.3. The van der Waals surface area contributed by atoms with Gasteiger partial charge in [-0.2, -0.15) is 5.10 Å². The summed E-state index contributed by atoms with van der Waals surface area (Å²) in [7, 11) is 0. The minimum atomic E-state index is -1.11. The zero-order valence-corrected chi connectivity index (χ0v) is 11.3. The maximum Gasteiger partial charge on any atom is 0.356 e. The molecule has 0 unspecified atom stereocenters. The molecule has 0 saturated heterocycles. The number of carboxylic acids is 1. The summed E-state index contributed by atoms with van der Waals surface area (Å²) in [6.45, 7) is 1.83. The van der Waals surface area contributed by atoms with Crippen molar-refractivity contribution in [2.45, 2.75) is 6.92 Å². The standard InChI is InChI=1S/C14H10ClN3O2/c1-8-12(9-5-3-2-4-6-9)16-11-7-10(14(19)20)17-18(11)13(8)15/h2-7H,1H3,(H,19,20). The van der Waals surface area contributed by atoms with Gasteiger partial charge in [-0.25, -0.2) is 14.3 Å². The van der Waals surface area contributed by atoms with E-state index in [1.54, 1.807) is 0 Å². The molecule has 2 heterocycles. The van der Waals surface area contributed by atoms with Crippen LogP contribution in [0.1, 0.15) is 16.1 Å². The van der Waals surface area contributed by atoms with Crippen molar-refractivity contribution in [2.75, 3.05) is 0 Å². The fourth-order valence-corrected chi connectivity index (χ4v) is 2.25. The van der Waals surface area contributed by atoms with Crippen LogP contribution in [0.4, 0.5) is 0 Å². The van der Waals surface area contributed by atoms with Crippen LogP contribution in [0.15, 0.2) is 36.4 Å². The summed E-state index contributed by atoms with van der Waals surface area (Å²) < 4.78 is 1.34. The Labute approximate surface area is 119 Å². The number of rotatable bonds is 2. The number of benzene rings is 1. The molecule has 20 heavy (non-hydrogen) atoms. The van der Waals surface area contributed by atoms with Crippen molar-refractivity contribution >= 4 is 23.2 Å². The van der Waals surface area contributed by atoms with Gasteiger partial charge in [0.05, 0.1) is 5.69 Å². The Balaban J connectivity index is 2.30. The van der Waals surface area contributed by atoms with Crippen LogP contribution in [0.5, 0.6) is 0 Å². The maximum atomic E-state index is 11.0. The first-order valence-corrected chi connectivity index (χ1v) is 6.30. The van der Waals surface area contributed by atoms with Gasteiger partial charge in [-0.15, -0.1) is 0 Å². The van der Waals surface area contributed by atoms with Crippen molar-refractivity contribution in [3.8, 4) is 11.3 Å². The first-order valence-electron chi connectivity index (χ1n) is 5.92. The van der Waals surface area contributed by atoms with Crippen LogP contribution in [-0.4, -0.2) is 25.7 Å². The van der Waals surface area contributed by atoms with Crippen LogP contribution in [0.25, 0.3) is 16.9 Å². The number of hydrogen-bond acceptors (Lipinski definition) is 3. The van der Waals surface area contributed by atoms with Gasteiger partial charge in [0.2, 0.25) is 0 Å². The molecule has 2 aromatic heterocycles. The number of hydrogen-bond donors (Lipinski definition) is 1. The fraction of sp³-hybridized carbons (Fsp3) is 0.0714. The van der Waals surface area contributed by atoms with E-state index in [9.17, 15) is 4.79 Å². The minimum Gasteiger partial charge on any atom is -0.476 e. The summed E-state index contributed by atoms with van der Waals surface area (Å²) >= 11 is 6.27. The van der Waals surface area contributed by atoms with Crippen molar-refractivity contribution < 1.29 is 9.90 Å². The summed E-state index contributed by atoms with van der Waals surface area (Å²) in [6.07, 6.45) is 0. The van der Waals surface area contributed by atoms with Gasteiger partial charge in [-0.05, 0) is 6.92 Å².